The summed E-state index contributed by atoms with van der Waals surface area (Å²) in [7, 11) is -2.13. The van der Waals surface area contributed by atoms with Gasteiger partial charge in [0.15, 0.2) is 0 Å². The van der Waals surface area contributed by atoms with E-state index in [0.717, 1.165) is 29.6 Å². The third-order valence-electron chi connectivity index (χ3n) is 5.98. The number of hydrogen-bond donors (Lipinski definition) is 1. The van der Waals surface area contributed by atoms with Crippen molar-refractivity contribution in [2.24, 2.45) is 0 Å². The Labute approximate surface area is 167 Å². The van der Waals surface area contributed by atoms with E-state index in [1.165, 1.54) is 12.1 Å². The molecule has 28 heavy (non-hydrogen) atoms. The van der Waals surface area contributed by atoms with Gasteiger partial charge < -0.3 is 9.74 Å². The molecule has 152 valence electrons. The molecular formula is C22H30F2N2OSi. The summed E-state index contributed by atoms with van der Waals surface area (Å²) in [4.78, 5) is 4.90. The Balaban J connectivity index is 2.07. The van der Waals surface area contributed by atoms with E-state index in [2.05, 4.69) is 53.0 Å². The van der Waals surface area contributed by atoms with Crippen molar-refractivity contribution < 1.29 is 13.2 Å². The highest BCUT2D eigenvalue weighted by molar-refractivity contribution is 6.74. The lowest BCUT2D eigenvalue weighted by atomic mass is 9.91. The fraction of sp³-hybridized carbons (Fsp3) is 0.500. The Bertz CT molecular complexity index is 904. The molecule has 0 saturated carbocycles. The van der Waals surface area contributed by atoms with Gasteiger partial charge in [-0.05, 0) is 35.8 Å². The van der Waals surface area contributed by atoms with Gasteiger partial charge >= 0.3 is 0 Å². The van der Waals surface area contributed by atoms with Crippen molar-refractivity contribution in [3.8, 4) is 5.88 Å². The summed E-state index contributed by atoms with van der Waals surface area (Å²) in [6.45, 7) is 16.0. The fourth-order valence-corrected chi connectivity index (χ4v) is 4.03. The highest BCUT2D eigenvalue weighted by Gasteiger charge is 2.41. The first kappa shape index (κ1) is 20.8. The summed E-state index contributed by atoms with van der Waals surface area (Å²) in [6, 6.07) is 5.72. The largest absolute Gasteiger partial charge is 0.530 e. The maximum absolute atomic E-state index is 14.3. The Hall–Kier alpha value is -1.95. The van der Waals surface area contributed by atoms with E-state index >= 15 is 0 Å². The summed E-state index contributed by atoms with van der Waals surface area (Å²) in [6.07, 6.45) is 0.304. The van der Waals surface area contributed by atoms with Gasteiger partial charge in [-0.25, -0.2) is 13.8 Å². The minimum absolute atomic E-state index is 0.0137. The first-order chi connectivity index (χ1) is 12.8. The van der Waals surface area contributed by atoms with Crippen molar-refractivity contribution in [3.63, 3.8) is 0 Å². The molecule has 0 radical (unpaired) electrons. The molecule has 1 aromatic heterocycles. The second-order valence-corrected chi connectivity index (χ2v) is 14.6. The zero-order valence-electron chi connectivity index (χ0n) is 17.8. The number of anilines is 1. The molecule has 0 saturated heterocycles. The van der Waals surface area contributed by atoms with Gasteiger partial charge in [0.25, 0.3) is 8.32 Å². The van der Waals surface area contributed by atoms with E-state index in [0.29, 0.717) is 17.9 Å². The molecule has 1 N–H and O–H groups in total. The lowest BCUT2D eigenvalue weighted by Crippen LogP contribution is -2.44. The van der Waals surface area contributed by atoms with Crippen LogP contribution in [0.5, 0.6) is 5.88 Å². The van der Waals surface area contributed by atoms with Crippen LogP contribution in [0.3, 0.4) is 0 Å². The van der Waals surface area contributed by atoms with E-state index in [9.17, 15) is 8.78 Å². The number of fused-ring (bicyclic) bond motifs is 1. The first-order valence-electron chi connectivity index (χ1n) is 9.71. The van der Waals surface area contributed by atoms with Crippen LogP contribution in [0.15, 0.2) is 24.3 Å². The molecule has 3 rings (SSSR count). The lowest BCUT2D eigenvalue weighted by Gasteiger charge is -2.36. The smallest absolute Gasteiger partial charge is 0.252 e. The molecule has 1 aliphatic heterocycles. The second-order valence-electron chi connectivity index (χ2n) is 9.86. The zero-order chi connectivity index (χ0) is 20.9. The number of nitrogens with zero attached hydrogens (tertiary/aromatic N) is 1. The number of benzene rings is 1. The Morgan fingerprint density at radius 3 is 2.43 bits per heavy atom. The van der Waals surface area contributed by atoms with Gasteiger partial charge in [0.2, 0.25) is 5.88 Å². The van der Waals surface area contributed by atoms with E-state index < -0.39 is 20.0 Å². The molecule has 0 unspecified atom stereocenters. The monoisotopic (exact) mass is 404 g/mol. The third-order valence-corrected chi connectivity index (χ3v) is 10.3. The number of hydrogen-bond acceptors (Lipinski definition) is 3. The summed E-state index contributed by atoms with van der Waals surface area (Å²) in [5.74, 6) is -0.549. The minimum atomic E-state index is -2.13. The van der Waals surface area contributed by atoms with Crippen LogP contribution in [0.1, 0.15) is 51.4 Å². The minimum Gasteiger partial charge on any atom is -0.530 e. The van der Waals surface area contributed by atoms with Crippen molar-refractivity contribution in [3.05, 3.63) is 52.7 Å². The van der Waals surface area contributed by atoms with Crippen LogP contribution in [0.25, 0.3) is 0 Å². The molecule has 0 amide bonds. The molecule has 2 aromatic rings. The molecule has 3 nitrogen and oxygen atoms in total. The van der Waals surface area contributed by atoms with Gasteiger partial charge in [-0.3, -0.25) is 0 Å². The number of rotatable bonds is 4. The van der Waals surface area contributed by atoms with E-state index in [1.54, 1.807) is 0 Å². The number of aromatic nitrogens is 1. The normalized spacial score (nSPS) is 15.9. The maximum Gasteiger partial charge on any atom is 0.252 e. The van der Waals surface area contributed by atoms with Gasteiger partial charge in [-0.2, -0.15) is 0 Å². The zero-order valence-corrected chi connectivity index (χ0v) is 18.8. The van der Waals surface area contributed by atoms with Crippen LogP contribution < -0.4 is 9.74 Å². The summed E-state index contributed by atoms with van der Waals surface area (Å²) in [5.41, 5.74) is 3.09. The topological polar surface area (TPSA) is 34.1 Å². The van der Waals surface area contributed by atoms with Gasteiger partial charge in [0.05, 0.1) is 11.4 Å². The van der Waals surface area contributed by atoms with Gasteiger partial charge in [-0.15, -0.1) is 0 Å². The molecule has 0 spiro atoms. The molecule has 1 aromatic carbocycles. The highest BCUT2D eigenvalue weighted by atomic mass is 28.4. The van der Waals surface area contributed by atoms with Crippen LogP contribution in [0.4, 0.5) is 14.5 Å². The highest BCUT2D eigenvalue weighted by Crippen LogP contribution is 2.42. The van der Waals surface area contributed by atoms with E-state index in [1.807, 2.05) is 6.07 Å². The molecule has 0 atom stereocenters. The van der Waals surface area contributed by atoms with Crippen LogP contribution in [0, 0.1) is 11.6 Å². The van der Waals surface area contributed by atoms with E-state index in [-0.39, 0.29) is 10.5 Å². The summed E-state index contributed by atoms with van der Waals surface area (Å²) in [5, 5.41) is 3.41. The molecule has 0 bridgehead atoms. The van der Waals surface area contributed by atoms with Crippen molar-refractivity contribution in [2.45, 2.75) is 64.6 Å². The maximum atomic E-state index is 14.3. The average Bonchev–Trinajstić information content (AvgIpc) is 2.83. The Morgan fingerprint density at radius 2 is 1.82 bits per heavy atom. The third kappa shape index (κ3) is 3.92. The lowest BCUT2D eigenvalue weighted by molar-refractivity contribution is 0.463. The second kappa shape index (κ2) is 6.83. The number of pyridine rings is 1. The van der Waals surface area contributed by atoms with E-state index in [4.69, 9.17) is 9.41 Å². The molecular weight excluding hydrogens is 374 g/mol. The predicted molar refractivity (Wildman–Crippen MR) is 113 cm³/mol. The van der Waals surface area contributed by atoms with Gasteiger partial charge in [-0.1, -0.05) is 40.7 Å². The summed E-state index contributed by atoms with van der Waals surface area (Å²) < 4.78 is 34.1. The van der Waals surface area contributed by atoms with Gasteiger partial charge in [0.1, 0.15) is 11.6 Å². The molecule has 1 aliphatic rings. The molecule has 2 heterocycles. The average molecular weight is 405 g/mol. The standard InChI is InChI=1S/C22H30F2N2OSi/c1-21(2,3)28(6,7)27-20-15(10-14-8-9-16(23)12-17(14)24)11-18-19(26-20)22(4,5)13-25-18/h8-9,11-12,25H,10,13H2,1-7H3. The number of halogens is 2. The van der Waals surface area contributed by atoms with Crippen molar-refractivity contribution in [1.82, 2.24) is 4.98 Å². The van der Waals surface area contributed by atoms with Crippen LogP contribution in [0.2, 0.25) is 18.1 Å². The summed E-state index contributed by atoms with van der Waals surface area (Å²) >= 11 is 0. The van der Waals surface area contributed by atoms with Crippen molar-refractivity contribution >= 4 is 14.0 Å². The van der Waals surface area contributed by atoms with Crippen LogP contribution in [-0.2, 0) is 11.8 Å². The quantitative estimate of drug-likeness (QED) is 0.631. The Morgan fingerprint density at radius 1 is 1.14 bits per heavy atom. The molecule has 6 heteroatoms. The number of nitrogens with one attached hydrogen (secondary N) is 1. The molecule has 0 fully saturated rings. The van der Waals surface area contributed by atoms with Crippen LogP contribution in [-0.4, -0.2) is 19.8 Å². The van der Waals surface area contributed by atoms with Gasteiger partial charge in [0, 0.05) is 30.0 Å². The van der Waals surface area contributed by atoms with Crippen LogP contribution >= 0.6 is 0 Å². The SMILES string of the molecule is CC1(C)CNc2cc(Cc3ccc(F)cc3F)c(O[Si](C)(C)C(C)(C)C)nc21. The van der Waals surface area contributed by atoms with Crippen molar-refractivity contribution in [2.75, 3.05) is 11.9 Å². The fourth-order valence-electron chi connectivity index (χ4n) is 3.07. The predicted octanol–water partition coefficient (Wildman–Crippen LogP) is 6.04. The Kier molecular flexibility index (Phi) is 5.07. The molecule has 0 aliphatic carbocycles. The first-order valence-corrected chi connectivity index (χ1v) is 12.6. The van der Waals surface area contributed by atoms with Crippen molar-refractivity contribution in [1.29, 1.82) is 0 Å².